The zero-order chi connectivity index (χ0) is 13.1. The summed E-state index contributed by atoms with van der Waals surface area (Å²) in [5, 5.41) is 0. The first-order chi connectivity index (χ1) is 8.58. The third kappa shape index (κ3) is 2.77. The highest BCUT2D eigenvalue weighted by atomic mass is 79.9. The van der Waals surface area contributed by atoms with Crippen molar-refractivity contribution >= 4 is 15.9 Å². The van der Waals surface area contributed by atoms with Crippen LogP contribution in [0.5, 0.6) is 0 Å². The minimum atomic E-state index is -0.649. The Bertz CT molecular complexity index is 651. The summed E-state index contributed by atoms with van der Waals surface area (Å²) in [4.78, 5) is 0. The van der Waals surface area contributed by atoms with Gasteiger partial charge in [-0.2, -0.15) is 0 Å². The van der Waals surface area contributed by atoms with Gasteiger partial charge in [0, 0.05) is 17.2 Å². The van der Waals surface area contributed by atoms with Crippen molar-refractivity contribution in [1.29, 1.82) is 0 Å². The van der Waals surface area contributed by atoms with Crippen molar-refractivity contribution in [3.63, 3.8) is 0 Å². The number of halogens is 3. The molecule has 0 radical (unpaired) electrons. The Kier molecular flexibility index (Phi) is 3.78. The lowest BCUT2D eigenvalue weighted by molar-refractivity contribution is 0.578. The molecule has 0 heterocycles. The lowest BCUT2D eigenvalue weighted by Crippen LogP contribution is -1.87. The first-order valence-corrected chi connectivity index (χ1v) is 6.09. The fourth-order valence-electron chi connectivity index (χ4n) is 1.49. The highest BCUT2D eigenvalue weighted by molar-refractivity contribution is 9.10. The van der Waals surface area contributed by atoms with E-state index >= 15 is 0 Å². The van der Waals surface area contributed by atoms with Crippen LogP contribution in [0.2, 0.25) is 0 Å². The molecule has 0 N–H and O–H groups in total. The highest BCUT2D eigenvalue weighted by Gasteiger charge is 2.06. The molecule has 2 rings (SSSR count). The molecule has 0 nitrogen and oxygen atoms in total. The second kappa shape index (κ2) is 5.32. The summed E-state index contributed by atoms with van der Waals surface area (Å²) >= 11 is 3.06. The largest absolute Gasteiger partial charge is 0.207 e. The molecule has 0 aliphatic heterocycles. The molecule has 0 aliphatic rings. The van der Waals surface area contributed by atoms with Crippen LogP contribution in [0, 0.1) is 30.4 Å². The summed E-state index contributed by atoms with van der Waals surface area (Å²) in [5.74, 6) is 4.40. The third-order valence-electron chi connectivity index (χ3n) is 2.47. The molecule has 0 fully saturated rings. The molecular weight excluding hydrogens is 298 g/mol. The molecular formula is C15H9BrF2. The predicted molar refractivity (Wildman–Crippen MR) is 71.2 cm³/mol. The number of rotatable bonds is 0. The SMILES string of the molecule is Cc1ccccc1C#Cc1cc(F)cc(F)c1Br. The van der Waals surface area contributed by atoms with Gasteiger partial charge in [0.15, 0.2) is 0 Å². The van der Waals surface area contributed by atoms with Gasteiger partial charge in [-0.05, 0) is 40.5 Å². The van der Waals surface area contributed by atoms with Crippen LogP contribution in [-0.4, -0.2) is 0 Å². The molecule has 90 valence electrons. The van der Waals surface area contributed by atoms with Crippen LogP contribution in [0.3, 0.4) is 0 Å². The molecule has 2 aromatic rings. The van der Waals surface area contributed by atoms with Crippen LogP contribution in [0.15, 0.2) is 40.9 Å². The maximum Gasteiger partial charge on any atom is 0.141 e. The van der Waals surface area contributed by atoms with Gasteiger partial charge >= 0.3 is 0 Å². The van der Waals surface area contributed by atoms with Crippen LogP contribution in [-0.2, 0) is 0 Å². The number of hydrogen-bond donors (Lipinski definition) is 0. The summed E-state index contributed by atoms with van der Waals surface area (Å²) in [6.45, 7) is 1.94. The minimum Gasteiger partial charge on any atom is -0.207 e. The minimum absolute atomic E-state index is 0.185. The molecule has 0 aromatic heterocycles. The molecule has 3 heteroatoms. The van der Waals surface area contributed by atoms with Crippen molar-refractivity contribution in [2.75, 3.05) is 0 Å². The van der Waals surface area contributed by atoms with Crippen molar-refractivity contribution in [3.05, 3.63) is 69.2 Å². The van der Waals surface area contributed by atoms with E-state index in [9.17, 15) is 8.78 Å². The van der Waals surface area contributed by atoms with Crippen LogP contribution in [0.4, 0.5) is 8.78 Å². The first-order valence-electron chi connectivity index (χ1n) is 5.30. The second-order valence-electron chi connectivity index (χ2n) is 3.81. The molecule has 0 amide bonds. The smallest absolute Gasteiger partial charge is 0.141 e. The van der Waals surface area contributed by atoms with Gasteiger partial charge in [-0.25, -0.2) is 8.78 Å². The molecule has 2 aromatic carbocycles. The zero-order valence-corrected chi connectivity index (χ0v) is 11.2. The summed E-state index contributed by atoms with van der Waals surface area (Å²) in [6.07, 6.45) is 0. The maximum atomic E-state index is 13.3. The van der Waals surface area contributed by atoms with Crippen LogP contribution < -0.4 is 0 Å². The molecule has 0 aliphatic carbocycles. The van der Waals surface area contributed by atoms with Crippen LogP contribution in [0.25, 0.3) is 0 Å². The molecule has 18 heavy (non-hydrogen) atoms. The maximum absolute atomic E-state index is 13.3. The molecule has 0 unspecified atom stereocenters. The molecule has 0 atom stereocenters. The van der Waals surface area contributed by atoms with Gasteiger partial charge in [0.05, 0.1) is 4.47 Å². The zero-order valence-electron chi connectivity index (χ0n) is 9.60. The van der Waals surface area contributed by atoms with Gasteiger partial charge in [0.25, 0.3) is 0 Å². The monoisotopic (exact) mass is 306 g/mol. The summed E-state index contributed by atoms with van der Waals surface area (Å²) in [7, 11) is 0. The second-order valence-corrected chi connectivity index (χ2v) is 4.61. The van der Waals surface area contributed by atoms with Crippen molar-refractivity contribution in [3.8, 4) is 11.8 Å². The standard InChI is InChI=1S/C15H9BrF2/c1-10-4-2-3-5-11(10)6-7-12-8-13(17)9-14(18)15(12)16/h2-5,8-9H,1H3. The quantitative estimate of drug-likeness (QED) is 0.499. The Labute approximate surface area is 113 Å². The topological polar surface area (TPSA) is 0 Å². The van der Waals surface area contributed by atoms with Gasteiger partial charge < -0.3 is 0 Å². The summed E-state index contributed by atoms with van der Waals surface area (Å²) < 4.78 is 26.6. The average molecular weight is 307 g/mol. The van der Waals surface area contributed by atoms with E-state index in [4.69, 9.17) is 0 Å². The van der Waals surface area contributed by atoms with Crippen molar-refractivity contribution in [2.24, 2.45) is 0 Å². The predicted octanol–water partition coefficient (Wildman–Crippen LogP) is 4.44. The summed E-state index contributed by atoms with van der Waals surface area (Å²) in [6, 6.07) is 9.62. The van der Waals surface area contributed by atoms with E-state index in [2.05, 4.69) is 27.8 Å². The lowest BCUT2D eigenvalue weighted by atomic mass is 10.1. The van der Waals surface area contributed by atoms with E-state index < -0.39 is 11.6 Å². The van der Waals surface area contributed by atoms with Gasteiger partial charge in [-0.1, -0.05) is 30.0 Å². The number of benzene rings is 2. The molecule has 0 saturated heterocycles. The Balaban J connectivity index is 2.45. The lowest BCUT2D eigenvalue weighted by Gasteiger charge is -1.99. The van der Waals surface area contributed by atoms with Gasteiger partial charge in [0.1, 0.15) is 11.6 Å². The Morgan fingerprint density at radius 1 is 1.00 bits per heavy atom. The Morgan fingerprint density at radius 3 is 2.39 bits per heavy atom. The molecule has 0 saturated carbocycles. The fraction of sp³-hybridized carbons (Fsp3) is 0.0667. The number of aryl methyl sites for hydroxylation is 1. The molecule has 0 bridgehead atoms. The molecule has 0 spiro atoms. The Morgan fingerprint density at radius 2 is 1.67 bits per heavy atom. The van der Waals surface area contributed by atoms with E-state index in [1.54, 1.807) is 0 Å². The Hall–Kier alpha value is -1.66. The van der Waals surface area contributed by atoms with E-state index in [1.807, 2.05) is 31.2 Å². The first kappa shape index (κ1) is 12.8. The average Bonchev–Trinajstić information content (AvgIpc) is 2.33. The summed E-state index contributed by atoms with van der Waals surface area (Å²) in [5.41, 5.74) is 2.17. The fourth-order valence-corrected chi connectivity index (χ4v) is 1.82. The number of hydrogen-bond acceptors (Lipinski definition) is 0. The van der Waals surface area contributed by atoms with Gasteiger partial charge in [-0.15, -0.1) is 0 Å². The van der Waals surface area contributed by atoms with E-state index in [1.165, 1.54) is 6.07 Å². The van der Waals surface area contributed by atoms with Gasteiger partial charge in [0.2, 0.25) is 0 Å². The highest BCUT2D eigenvalue weighted by Crippen LogP contribution is 2.21. The third-order valence-corrected chi connectivity index (χ3v) is 3.28. The van der Waals surface area contributed by atoms with Crippen molar-refractivity contribution < 1.29 is 8.78 Å². The van der Waals surface area contributed by atoms with E-state index in [0.717, 1.165) is 17.2 Å². The van der Waals surface area contributed by atoms with Crippen molar-refractivity contribution in [1.82, 2.24) is 0 Å². The normalized spacial score (nSPS) is 9.78. The van der Waals surface area contributed by atoms with E-state index in [0.29, 0.717) is 5.56 Å². The van der Waals surface area contributed by atoms with Gasteiger partial charge in [-0.3, -0.25) is 0 Å². The van der Waals surface area contributed by atoms with Crippen molar-refractivity contribution in [2.45, 2.75) is 6.92 Å². The van der Waals surface area contributed by atoms with Crippen LogP contribution in [0.1, 0.15) is 16.7 Å². The van der Waals surface area contributed by atoms with E-state index in [-0.39, 0.29) is 4.47 Å². The van der Waals surface area contributed by atoms with Crippen LogP contribution >= 0.6 is 15.9 Å².